The number of alkyl halides is 2. The van der Waals surface area contributed by atoms with Gasteiger partial charge in [0.25, 0.3) is 12.4 Å². The van der Waals surface area contributed by atoms with E-state index in [1.54, 1.807) is 6.92 Å². The molecule has 1 aliphatic rings. The number of aliphatic hydroxyl groups is 1. The largest absolute Gasteiger partial charge is 0.484 e. The normalized spacial score (nSPS) is 19.6. The molecule has 0 bridgehead atoms. The first kappa shape index (κ1) is 25.0. The standard InChI is InChI=1S/C21H27F4N3O5/c1-11(26-17(30)8-29)9-31-12-3-5-13(6-4-12)33-21-27-19-14(22)7-15(32-10-16(23)24)18(25)20(19)28(21)2/h7,11-13,16,29H,3-6,8-10H2,1-2H3,(H,26,30)/t11-,12?,13?/m0/s1. The molecule has 184 valence electrons. The Labute approximate surface area is 187 Å². The van der Waals surface area contributed by atoms with Gasteiger partial charge in [-0.15, -0.1) is 0 Å². The van der Waals surface area contributed by atoms with Crippen LogP contribution in [0.25, 0.3) is 11.0 Å². The van der Waals surface area contributed by atoms with E-state index in [1.807, 2.05) is 0 Å². The number of benzene rings is 1. The van der Waals surface area contributed by atoms with Gasteiger partial charge in [0, 0.05) is 19.2 Å². The van der Waals surface area contributed by atoms with Crippen LogP contribution in [0, 0.1) is 11.6 Å². The molecule has 1 amide bonds. The molecule has 1 saturated carbocycles. The second-order valence-corrected chi connectivity index (χ2v) is 8.00. The number of hydrogen-bond acceptors (Lipinski definition) is 6. The highest BCUT2D eigenvalue weighted by Gasteiger charge is 2.27. The summed E-state index contributed by atoms with van der Waals surface area (Å²) in [6.07, 6.45) is -0.475. The average molecular weight is 477 g/mol. The first-order valence-corrected chi connectivity index (χ1v) is 10.6. The number of carbonyl (C=O) groups excluding carboxylic acids is 1. The predicted molar refractivity (Wildman–Crippen MR) is 109 cm³/mol. The maximum atomic E-state index is 14.7. The number of hydrogen-bond donors (Lipinski definition) is 2. The van der Waals surface area contributed by atoms with Gasteiger partial charge in [-0.1, -0.05) is 0 Å². The van der Waals surface area contributed by atoms with E-state index in [1.165, 1.54) is 11.6 Å². The van der Waals surface area contributed by atoms with Crippen molar-refractivity contribution >= 4 is 16.9 Å². The monoisotopic (exact) mass is 477 g/mol. The lowest BCUT2D eigenvalue weighted by Gasteiger charge is -2.29. The zero-order chi connectivity index (χ0) is 24.1. The van der Waals surface area contributed by atoms with E-state index in [0.29, 0.717) is 38.4 Å². The molecule has 1 aliphatic carbocycles. The minimum Gasteiger partial charge on any atom is -0.484 e. The summed E-state index contributed by atoms with van der Waals surface area (Å²) in [5.41, 5.74) is -0.504. The molecule has 3 rings (SSSR count). The molecule has 1 heterocycles. The van der Waals surface area contributed by atoms with Gasteiger partial charge >= 0.3 is 0 Å². The number of amides is 1. The van der Waals surface area contributed by atoms with Gasteiger partial charge in [0.2, 0.25) is 5.91 Å². The lowest BCUT2D eigenvalue weighted by Crippen LogP contribution is -2.39. The molecule has 2 aromatic rings. The van der Waals surface area contributed by atoms with Crippen LogP contribution in [0.5, 0.6) is 11.8 Å². The minimum atomic E-state index is -2.82. The van der Waals surface area contributed by atoms with E-state index in [0.717, 1.165) is 0 Å². The van der Waals surface area contributed by atoms with Crippen LogP contribution in [0.2, 0.25) is 0 Å². The summed E-state index contributed by atoms with van der Waals surface area (Å²) < 4.78 is 71.5. The third kappa shape index (κ3) is 6.26. The smallest absolute Gasteiger partial charge is 0.297 e. The summed E-state index contributed by atoms with van der Waals surface area (Å²) in [5, 5.41) is 11.4. The molecular weight excluding hydrogens is 450 g/mol. The Kier molecular flexibility index (Phi) is 8.35. The van der Waals surface area contributed by atoms with Crippen molar-refractivity contribution in [3.05, 3.63) is 17.7 Å². The number of halogens is 4. The molecule has 0 aliphatic heterocycles. The number of fused-ring (bicyclic) bond motifs is 1. The van der Waals surface area contributed by atoms with E-state index in [2.05, 4.69) is 15.0 Å². The van der Waals surface area contributed by atoms with Gasteiger partial charge in [0.15, 0.2) is 17.4 Å². The molecule has 1 fully saturated rings. The van der Waals surface area contributed by atoms with Crippen molar-refractivity contribution in [2.75, 3.05) is 19.8 Å². The summed E-state index contributed by atoms with van der Waals surface area (Å²) in [6, 6.07) is 0.472. The van der Waals surface area contributed by atoms with Crippen LogP contribution in [0.3, 0.4) is 0 Å². The Balaban J connectivity index is 1.59. The zero-order valence-electron chi connectivity index (χ0n) is 18.3. The van der Waals surface area contributed by atoms with Gasteiger partial charge in [0.1, 0.15) is 30.4 Å². The zero-order valence-corrected chi connectivity index (χ0v) is 18.3. The van der Waals surface area contributed by atoms with Crippen molar-refractivity contribution in [2.45, 2.75) is 57.3 Å². The second-order valence-electron chi connectivity index (χ2n) is 8.00. The van der Waals surface area contributed by atoms with Crippen LogP contribution in [0.15, 0.2) is 6.07 Å². The predicted octanol–water partition coefficient (Wildman–Crippen LogP) is 2.70. The fraction of sp³-hybridized carbons (Fsp3) is 0.619. The Morgan fingerprint density at radius 2 is 1.91 bits per heavy atom. The van der Waals surface area contributed by atoms with Gasteiger partial charge in [0.05, 0.1) is 12.7 Å². The van der Waals surface area contributed by atoms with Crippen LogP contribution < -0.4 is 14.8 Å². The number of ether oxygens (including phenoxy) is 3. The van der Waals surface area contributed by atoms with Gasteiger partial charge in [-0.3, -0.25) is 9.36 Å². The van der Waals surface area contributed by atoms with Crippen LogP contribution >= 0.6 is 0 Å². The molecular formula is C21H27F4N3O5. The summed E-state index contributed by atoms with van der Waals surface area (Å²) in [6.45, 7) is 0.450. The SMILES string of the molecule is C[C@@H](COC1CCC(Oc2nc3c(F)cc(OCC(F)F)c(F)c3n2C)CC1)NC(=O)CO. The number of aromatic nitrogens is 2. The number of carbonyl (C=O) groups is 1. The number of nitrogens with one attached hydrogen (secondary N) is 1. The van der Waals surface area contributed by atoms with E-state index >= 15 is 0 Å². The highest BCUT2D eigenvalue weighted by molar-refractivity contribution is 5.80. The number of aliphatic hydroxyl groups excluding tert-OH is 1. The fourth-order valence-corrected chi connectivity index (χ4v) is 3.73. The van der Waals surface area contributed by atoms with Crippen molar-refractivity contribution in [3.8, 4) is 11.8 Å². The van der Waals surface area contributed by atoms with E-state index in [4.69, 9.17) is 14.6 Å². The van der Waals surface area contributed by atoms with Gasteiger partial charge in [-0.2, -0.15) is 4.98 Å². The molecule has 0 unspecified atom stereocenters. The van der Waals surface area contributed by atoms with Crippen LogP contribution in [0.4, 0.5) is 17.6 Å². The Hall–Kier alpha value is -2.60. The molecule has 33 heavy (non-hydrogen) atoms. The number of nitrogens with zero attached hydrogens (tertiary/aromatic N) is 2. The van der Waals surface area contributed by atoms with Crippen LogP contribution in [-0.2, 0) is 16.6 Å². The molecule has 2 N–H and O–H groups in total. The summed E-state index contributed by atoms with van der Waals surface area (Å²) in [4.78, 5) is 15.2. The lowest BCUT2D eigenvalue weighted by molar-refractivity contribution is -0.125. The molecule has 1 aromatic heterocycles. The molecule has 1 aromatic carbocycles. The third-order valence-corrected chi connectivity index (χ3v) is 5.35. The van der Waals surface area contributed by atoms with E-state index in [9.17, 15) is 22.4 Å². The Morgan fingerprint density at radius 1 is 1.24 bits per heavy atom. The maximum absolute atomic E-state index is 14.7. The highest BCUT2D eigenvalue weighted by atomic mass is 19.3. The molecule has 0 radical (unpaired) electrons. The van der Waals surface area contributed by atoms with Gasteiger partial charge in [-0.05, 0) is 32.6 Å². The number of imidazole rings is 1. The molecule has 12 heteroatoms. The Morgan fingerprint density at radius 3 is 2.55 bits per heavy atom. The maximum Gasteiger partial charge on any atom is 0.297 e. The second kappa shape index (κ2) is 11.0. The average Bonchev–Trinajstić information content (AvgIpc) is 3.11. The van der Waals surface area contributed by atoms with Gasteiger partial charge < -0.3 is 24.6 Å². The molecule has 8 nitrogen and oxygen atoms in total. The van der Waals surface area contributed by atoms with Crippen molar-refractivity contribution in [1.29, 1.82) is 0 Å². The van der Waals surface area contributed by atoms with Crippen molar-refractivity contribution in [2.24, 2.45) is 7.05 Å². The van der Waals surface area contributed by atoms with Crippen molar-refractivity contribution in [1.82, 2.24) is 14.9 Å². The fourth-order valence-electron chi connectivity index (χ4n) is 3.73. The third-order valence-electron chi connectivity index (χ3n) is 5.35. The summed E-state index contributed by atoms with van der Waals surface area (Å²) in [7, 11) is 1.45. The first-order valence-electron chi connectivity index (χ1n) is 10.6. The van der Waals surface area contributed by atoms with Crippen molar-refractivity contribution < 1.29 is 41.7 Å². The topological polar surface area (TPSA) is 94.8 Å². The van der Waals surface area contributed by atoms with E-state index < -0.39 is 42.9 Å². The summed E-state index contributed by atoms with van der Waals surface area (Å²) in [5.74, 6) is -2.97. The first-order chi connectivity index (χ1) is 15.7. The number of rotatable bonds is 10. The molecule has 0 saturated heterocycles. The lowest BCUT2D eigenvalue weighted by atomic mass is 9.95. The quantitative estimate of drug-likeness (QED) is 0.511. The van der Waals surface area contributed by atoms with Crippen molar-refractivity contribution in [3.63, 3.8) is 0 Å². The van der Waals surface area contributed by atoms with Crippen LogP contribution in [0.1, 0.15) is 32.6 Å². The minimum absolute atomic E-state index is 0.0125. The summed E-state index contributed by atoms with van der Waals surface area (Å²) >= 11 is 0. The van der Waals surface area contributed by atoms with Gasteiger partial charge in [-0.25, -0.2) is 17.6 Å². The highest BCUT2D eigenvalue weighted by Crippen LogP contribution is 2.33. The van der Waals surface area contributed by atoms with Crippen LogP contribution in [-0.4, -0.2) is 65.1 Å². The van der Waals surface area contributed by atoms with E-state index in [-0.39, 0.29) is 35.3 Å². The number of aryl methyl sites for hydroxylation is 1. The molecule has 1 atom stereocenters. The molecule has 0 spiro atoms. The Bertz CT molecular complexity index is 963.